The molecule has 0 amide bonds. The summed E-state index contributed by atoms with van der Waals surface area (Å²) in [5.41, 5.74) is 0.0653. The van der Waals surface area contributed by atoms with Gasteiger partial charge in [-0.25, -0.2) is 4.79 Å². The number of carbonyl (C=O) groups is 1. The van der Waals surface area contributed by atoms with Crippen LogP contribution in [0.2, 0.25) is 0 Å². The van der Waals surface area contributed by atoms with Crippen LogP contribution in [0.25, 0.3) is 0 Å². The Balaban J connectivity index is 1.97. The number of rotatable bonds is 8. The van der Waals surface area contributed by atoms with Crippen LogP contribution in [0.3, 0.4) is 0 Å². The molecule has 0 aromatic heterocycles. The van der Waals surface area contributed by atoms with Crippen LogP contribution < -0.4 is 10.4 Å². The number of esters is 1. The van der Waals surface area contributed by atoms with Crippen LogP contribution >= 0.6 is 0 Å². The maximum atomic E-state index is 11.8. The molecule has 0 N–H and O–H groups in total. The number of ether oxygens (including phenoxy) is 1. The molecule has 0 saturated heterocycles. The van der Waals surface area contributed by atoms with Crippen molar-refractivity contribution >= 4 is 25.4 Å². The van der Waals surface area contributed by atoms with Crippen LogP contribution in [0.5, 0.6) is 0 Å². The Morgan fingerprint density at radius 2 is 1.51 bits per heavy atom. The maximum Gasteiger partial charge on any atom is 0.330 e. The second-order valence-corrected chi connectivity index (χ2v) is 14.4. The first kappa shape index (κ1) is 27.4. The summed E-state index contributed by atoms with van der Waals surface area (Å²) >= 11 is 0. The summed E-state index contributed by atoms with van der Waals surface area (Å²) in [5.74, 6) is 0.366. The van der Waals surface area contributed by atoms with E-state index in [2.05, 4.69) is 109 Å². The van der Waals surface area contributed by atoms with Crippen molar-refractivity contribution in [1.29, 1.82) is 0 Å². The molecule has 0 aliphatic heterocycles. The predicted molar refractivity (Wildman–Crippen MR) is 149 cm³/mol. The van der Waals surface area contributed by atoms with Crippen molar-refractivity contribution in [3.63, 3.8) is 0 Å². The number of benzene rings is 2. The smallest absolute Gasteiger partial charge is 0.330 e. The minimum atomic E-state index is -1.90. The Kier molecular flexibility index (Phi) is 8.49. The van der Waals surface area contributed by atoms with Gasteiger partial charge in [0.1, 0.15) is 0 Å². The standard InChI is InChI=1S/C31H44O3Si/c1-23(19-20-27(32)33-8)31(7)22-21-26(30(31,5)6)28(29(2,3)4)34-35(24-15-11-9-12-16-24)25-17-13-10-14-18-25/h9-20,23,26,28,35H,21-22H2,1-8H3/t23?,26-,28?,31+/m0/s1. The van der Waals surface area contributed by atoms with Crippen LogP contribution in [0, 0.1) is 28.1 Å². The fourth-order valence-electron chi connectivity index (χ4n) is 6.06. The lowest BCUT2D eigenvalue weighted by Gasteiger charge is -2.50. The van der Waals surface area contributed by atoms with E-state index in [1.807, 2.05) is 6.08 Å². The third-order valence-electron chi connectivity index (χ3n) is 8.81. The molecule has 0 bridgehead atoms. The minimum absolute atomic E-state index is 0.00685. The number of allylic oxidation sites excluding steroid dienone is 1. The van der Waals surface area contributed by atoms with Crippen molar-refractivity contribution in [3.05, 3.63) is 72.8 Å². The normalized spacial score (nSPS) is 24.0. The largest absolute Gasteiger partial charge is 0.466 e. The lowest BCUT2D eigenvalue weighted by molar-refractivity contribution is -0.134. The molecule has 190 valence electrons. The van der Waals surface area contributed by atoms with Crippen LogP contribution in [0.15, 0.2) is 72.8 Å². The highest BCUT2D eigenvalue weighted by Crippen LogP contribution is 2.62. The average Bonchev–Trinajstić information content (AvgIpc) is 3.07. The van der Waals surface area contributed by atoms with Crippen LogP contribution in [0.1, 0.15) is 61.3 Å². The van der Waals surface area contributed by atoms with Gasteiger partial charge in [0.2, 0.25) is 9.04 Å². The number of methoxy groups -OCH3 is 1. The van der Waals surface area contributed by atoms with Crippen molar-refractivity contribution in [2.24, 2.45) is 28.1 Å². The van der Waals surface area contributed by atoms with E-state index in [1.54, 1.807) is 6.08 Å². The molecular weight excluding hydrogens is 448 g/mol. The Bertz CT molecular complexity index is 953. The van der Waals surface area contributed by atoms with Gasteiger partial charge in [-0.2, -0.15) is 0 Å². The van der Waals surface area contributed by atoms with Crippen molar-refractivity contribution in [1.82, 2.24) is 0 Å². The first-order valence-corrected chi connectivity index (χ1v) is 14.6. The fraction of sp³-hybridized carbons (Fsp3) is 0.516. The molecule has 0 heterocycles. The number of carbonyl (C=O) groups excluding carboxylic acids is 1. The summed E-state index contributed by atoms with van der Waals surface area (Å²) in [6.07, 6.45) is 5.97. The molecule has 0 spiro atoms. The first-order valence-electron chi connectivity index (χ1n) is 12.9. The Morgan fingerprint density at radius 1 is 1.00 bits per heavy atom. The van der Waals surface area contributed by atoms with Crippen molar-refractivity contribution in [3.8, 4) is 0 Å². The molecule has 1 aliphatic carbocycles. The van der Waals surface area contributed by atoms with Gasteiger partial charge in [-0.3, -0.25) is 0 Å². The van der Waals surface area contributed by atoms with Crippen molar-refractivity contribution in [2.45, 2.75) is 67.4 Å². The summed E-state index contributed by atoms with van der Waals surface area (Å²) in [6, 6.07) is 21.6. The lowest BCUT2D eigenvalue weighted by Crippen LogP contribution is -2.54. The fourth-order valence-corrected chi connectivity index (χ4v) is 8.80. The second-order valence-electron chi connectivity index (χ2n) is 12.1. The highest BCUT2D eigenvalue weighted by atomic mass is 28.3. The zero-order chi connectivity index (χ0) is 25.9. The van der Waals surface area contributed by atoms with Gasteiger partial charge in [-0.15, -0.1) is 0 Å². The van der Waals surface area contributed by atoms with Crippen LogP contribution in [-0.4, -0.2) is 28.2 Å². The molecule has 1 aliphatic rings. The summed E-state index contributed by atoms with van der Waals surface area (Å²) in [5, 5.41) is 2.64. The van der Waals surface area contributed by atoms with Crippen molar-refractivity contribution < 1.29 is 14.0 Å². The summed E-state index contributed by atoms with van der Waals surface area (Å²) in [4.78, 5) is 11.8. The molecule has 2 aromatic carbocycles. The Labute approximate surface area is 214 Å². The van der Waals surface area contributed by atoms with E-state index in [0.717, 1.165) is 12.8 Å². The van der Waals surface area contributed by atoms with Crippen LogP contribution in [0.4, 0.5) is 0 Å². The quantitative estimate of drug-likeness (QED) is 0.267. The third kappa shape index (κ3) is 5.81. The first-order chi connectivity index (χ1) is 16.4. The van der Waals surface area contributed by atoms with Gasteiger partial charge in [0.05, 0.1) is 13.2 Å². The molecule has 1 saturated carbocycles. The van der Waals surface area contributed by atoms with E-state index in [9.17, 15) is 4.79 Å². The molecule has 2 aromatic rings. The van der Waals surface area contributed by atoms with E-state index in [4.69, 9.17) is 9.16 Å². The van der Waals surface area contributed by atoms with E-state index in [1.165, 1.54) is 17.5 Å². The summed E-state index contributed by atoms with van der Waals surface area (Å²) in [6.45, 7) is 16.4. The van der Waals surface area contributed by atoms with E-state index in [0.29, 0.717) is 5.92 Å². The van der Waals surface area contributed by atoms with Gasteiger partial charge >= 0.3 is 5.97 Å². The highest BCUT2D eigenvalue weighted by Gasteiger charge is 2.57. The maximum absolute atomic E-state index is 11.8. The molecule has 2 unspecified atom stereocenters. The highest BCUT2D eigenvalue weighted by molar-refractivity contribution is 6.80. The molecule has 0 radical (unpaired) electrons. The SMILES string of the molecule is COC(=O)C=CC(C)[C@@]1(C)CC[C@@H](C(O[SiH](c2ccccc2)c2ccccc2)C(C)(C)C)C1(C)C. The molecule has 3 rings (SSSR count). The molecule has 1 fully saturated rings. The van der Waals surface area contributed by atoms with Gasteiger partial charge < -0.3 is 9.16 Å². The minimum Gasteiger partial charge on any atom is -0.466 e. The van der Waals surface area contributed by atoms with E-state index >= 15 is 0 Å². The topological polar surface area (TPSA) is 35.5 Å². The molecule has 3 nitrogen and oxygen atoms in total. The summed E-state index contributed by atoms with van der Waals surface area (Å²) in [7, 11) is -0.466. The third-order valence-corrected chi connectivity index (χ3v) is 11.4. The predicted octanol–water partition coefficient (Wildman–Crippen LogP) is 5.76. The zero-order valence-corrected chi connectivity index (χ0v) is 24.0. The van der Waals surface area contributed by atoms with Gasteiger partial charge in [-0.05, 0) is 51.3 Å². The van der Waals surface area contributed by atoms with Crippen LogP contribution in [-0.2, 0) is 14.0 Å². The van der Waals surface area contributed by atoms with E-state index in [-0.39, 0.29) is 34.2 Å². The molecule has 4 atom stereocenters. The Morgan fingerprint density at radius 3 is 1.97 bits per heavy atom. The molecule has 35 heavy (non-hydrogen) atoms. The van der Waals surface area contributed by atoms with Gasteiger partial charge in [0.15, 0.2) is 0 Å². The molecule has 4 heteroatoms. The average molecular weight is 493 g/mol. The second kappa shape index (κ2) is 10.8. The Hall–Kier alpha value is -2.17. The molecular formula is C31H44O3Si. The zero-order valence-electron chi connectivity index (χ0n) is 22.9. The van der Waals surface area contributed by atoms with Crippen molar-refractivity contribution in [2.75, 3.05) is 7.11 Å². The monoisotopic (exact) mass is 492 g/mol. The van der Waals surface area contributed by atoms with Gasteiger partial charge in [-0.1, -0.05) is 115 Å². The lowest BCUT2D eigenvalue weighted by atomic mass is 9.58. The van der Waals surface area contributed by atoms with E-state index < -0.39 is 9.04 Å². The number of hydrogen-bond donors (Lipinski definition) is 0. The number of hydrogen-bond acceptors (Lipinski definition) is 3. The van der Waals surface area contributed by atoms with Gasteiger partial charge in [0, 0.05) is 6.08 Å². The summed E-state index contributed by atoms with van der Waals surface area (Å²) < 4.78 is 12.2. The van der Waals surface area contributed by atoms with Gasteiger partial charge in [0.25, 0.3) is 0 Å².